The van der Waals surface area contributed by atoms with Crippen LogP contribution in [0.25, 0.3) is 0 Å². The van der Waals surface area contributed by atoms with Crippen molar-refractivity contribution in [2.24, 2.45) is 0 Å². The van der Waals surface area contributed by atoms with E-state index in [1.807, 2.05) is 0 Å². The first-order chi connectivity index (χ1) is 10.0. The van der Waals surface area contributed by atoms with Gasteiger partial charge in [-0.2, -0.15) is 0 Å². The third kappa shape index (κ3) is 5.07. The summed E-state index contributed by atoms with van der Waals surface area (Å²) < 4.78 is 9.14. The van der Waals surface area contributed by atoms with Crippen molar-refractivity contribution in [1.29, 1.82) is 0 Å². The molecule has 116 valence electrons. The standard InChI is InChI=1S/C13H18N2O5S/c1-14-10-6-5-9(21-10)12(17)15-8(13(18)20-3)4-7-11(16)19-2/h5-6,8,14H,4,7H2,1-3H3,(H,15,17)/t8-/m0/s1. The van der Waals surface area contributed by atoms with Gasteiger partial charge in [0.25, 0.3) is 5.91 Å². The summed E-state index contributed by atoms with van der Waals surface area (Å²) in [6.45, 7) is 0. The molecule has 8 heteroatoms. The van der Waals surface area contributed by atoms with Gasteiger partial charge < -0.3 is 20.1 Å². The summed E-state index contributed by atoms with van der Waals surface area (Å²) in [7, 11) is 4.24. The molecule has 0 aromatic carbocycles. The molecule has 0 unspecified atom stereocenters. The lowest BCUT2D eigenvalue weighted by Gasteiger charge is -2.15. The predicted octanol–water partition coefficient (Wildman–Crippen LogP) is 1.01. The zero-order chi connectivity index (χ0) is 15.8. The molecule has 0 fully saturated rings. The zero-order valence-electron chi connectivity index (χ0n) is 12.1. The summed E-state index contributed by atoms with van der Waals surface area (Å²) in [4.78, 5) is 35.3. The van der Waals surface area contributed by atoms with E-state index in [0.29, 0.717) is 4.88 Å². The van der Waals surface area contributed by atoms with E-state index >= 15 is 0 Å². The SMILES string of the molecule is CNc1ccc(C(=O)N[C@@H](CCC(=O)OC)C(=O)OC)s1. The summed E-state index contributed by atoms with van der Waals surface area (Å²) in [6, 6.07) is 2.53. The van der Waals surface area contributed by atoms with Crippen LogP contribution in [0.3, 0.4) is 0 Å². The smallest absolute Gasteiger partial charge is 0.328 e. The fraction of sp³-hybridized carbons (Fsp3) is 0.462. The number of thiophene rings is 1. The van der Waals surface area contributed by atoms with Crippen LogP contribution in [-0.2, 0) is 19.1 Å². The van der Waals surface area contributed by atoms with E-state index in [1.165, 1.54) is 25.6 Å². The molecule has 1 aromatic heterocycles. The van der Waals surface area contributed by atoms with Gasteiger partial charge in [0.2, 0.25) is 0 Å². The van der Waals surface area contributed by atoms with Gasteiger partial charge in [-0.25, -0.2) is 4.79 Å². The lowest BCUT2D eigenvalue weighted by molar-refractivity contribution is -0.144. The third-order valence-corrected chi connectivity index (χ3v) is 3.83. The molecule has 1 heterocycles. The van der Waals surface area contributed by atoms with E-state index in [-0.39, 0.29) is 18.7 Å². The van der Waals surface area contributed by atoms with Crippen LogP contribution >= 0.6 is 11.3 Å². The van der Waals surface area contributed by atoms with Gasteiger partial charge in [-0.15, -0.1) is 11.3 Å². The second-order valence-electron chi connectivity index (χ2n) is 4.08. The monoisotopic (exact) mass is 314 g/mol. The van der Waals surface area contributed by atoms with Crippen molar-refractivity contribution in [1.82, 2.24) is 5.32 Å². The molecule has 0 aliphatic heterocycles. The molecule has 1 rings (SSSR count). The first kappa shape index (κ1) is 17.0. The van der Waals surface area contributed by atoms with Gasteiger partial charge in [-0.05, 0) is 18.6 Å². The van der Waals surface area contributed by atoms with E-state index in [2.05, 4.69) is 20.1 Å². The fourth-order valence-electron chi connectivity index (χ4n) is 1.58. The molecule has 0 aliphatic rings. The molecule has 1 amide bonds. The molecule has 0 saturated heterocycles. The van der Waals surface area contributed by atoms with Crippen molar-refractivity contribution in [3.63, 3.8) is 0 Å². The number of amides is 1. The fourth-order valence-corrected chi connectivity index (χ4v) is 2.34. The Morgan fingerprint density at radius 2 is 1.95 bits per heavy atom. The van der Waals surface area contributed by atoms with E-state index in [1.54, 1.807) is 19.2 Å². The van der Waals surface area contributed by atoms with Crippen LogP contribution in [0.1, 0.15) is 22.5 Å². The summed E-state index contributed by atoms with van der Waals surface area (Å²) in [6.07, 6.45) is 0.137. The van der Waals surface area contributed by atoms with Gasteiger partial charge in [0.1, 0.15) is 6.04 Å². The molecular weight excluding hydrogens is 296 g/mol. The minimum Gasteiger partial charge on any atom is -0.469 e. The van der Waals surface area contributed by atoms with Crippen LogP contribution < -0.4 is 10.6 Å². The van der Waals surface area contributed by atoms with Gasteiger partial charge in [0.05, 0.1) is 24.1 Å². The third-order valence-electron chi connectivity index (χ3n) is 2.73. The van der Waals surface area contributed by atoms with Gasteiger partial charge in [0, 0.05) is 13.5 Å². The number of rotatable bonds is 7. The van der Waals surface area contributed by atoms with Crippen molar-refractivity contribution in [3.05, 3.63) is 17.0 Å². The second-order valence-corrected chi connectivity index (χ2v) is 5.16. The molecular formula is C13H18N2O5S. The number of carbonyl (C=O) groups is 3. The number of ether oxygens (including phenoxy) is 2. The number of methoxy groups -OCH3 is 2. The molecule has 7 nitrogen and oxygen atoms in total. The molecule has 1 aromatic rings. The number of hydrogen-bond acceptors (Lipinski definition) is 7. The van der Waals surface area contributed by atoms with Gasteiger partial charge >= 0.3 is 11.9 Å². The topological polar surface area (TPSA) is 93.7 Å². The summed E-state index contributed by atoms with van der Waals surface area (Å²) in [5.74, 6) is -1.44. The summed E-state index contributed by atoms with van der Waals surface area (Å²) in [5.41, 5.74) is 0. The van der Waals surface area contributed by atoms with Crippen LogP contribution in [0.4, 0.5) is 5.00 Å². The predicted molar refractivity (Wildman–Crippen MR) is 78.4 cm³/mol. The molecule has 2 N–H and O–H groups in total. The first-order valence-corrected chi connectivity index (χ1v) is 7.06. The maximum atomic E-state index is 12.1. The number of nitrogens with one attached hydrogen (secondary N) is 2. The maximum absolute atomic E-state index is 12.1. The number of hydrogen-bond donors (Lipinski definition) is 2. The zero-order valence-corrected chi connectivity index (χ0v) is 12.9. The van der Waals surface area contributed by atoms with Crippen LogP contribution in [0.2, 0.25) is 0 Å². The van der Waals surface area contributed by atoms with Gasteiger partial charge in [-0.3, -0.25) is 9.59 Å². The van der Waals surface area contributed by atoms with Crippen molar-refractivity contribution < 1.29 is 23.9 Å². The molecule has 0 aliphatic carbocycles. The Labute approximate surface area is 126 Å². The van der Waals surface area contributed by atoms with Crippen molar-refractivity contribution >= 4 is 34.2 Å². The van der Waals surface area contributed by atoms with Crippen LogP contribution in [0.15, 0.2) is 12.1 Å². The average Bonchev–Trinajstić information content (AvgIpc) is 2.99. The Morgan fingerprint density at radius 3 is 2.48 bits per heavy atom. The van der Waals surface area contributed by atoms with E-state index < -0.39 is 18.0 Å². The van der Waals surface area contributed by atoms with Crippen LogP contribution in [-0.4, -0.2) is 45.2 Å². The Kier molecular flexibility index (Phi) is 6.67. The summed E-state index contributed by atoms with van der Waals surface area (Å²) in [5, 5.41) is 6.32. The Morgan fingerprint density at radius 1 is 1.24 bits per heavy atom. The number of carbonyl (C=O) groups excluding carboxylic acids is 3. The van der Waals surface area contributed by atoms with Crippen LogP contribution in [0.5, 0.6) is 0 Å². The molecule has 1 atom stereocenters. The minimum absolute atomic E-state index is 0.0166. The largest absolute Gasteiger partial charge is 0.469 e. The highest BCUT2D eigenvalue weighted by atomic mass is 32.1. The first-order valence-electron chi connectivity index (χ1n) is 6.25. The highest BCUT2D eigenvalue weighted by Crippen LogP contribution is 2.21. The molecule has 21 heavy (non-hydrogen) atoms. The van der Waals surface area contributed by atoms with Crippen LogP contribution in [0, 0.1) is 0 Å². The van der Waals surface area contributed by atoms with Gasteiger partial charge in [-0.1, -0.05) is 0 Å². The molecule has 0 spiro atoms. The van der Waals surface area contributed by atoms with Gasteiger partial charge in [0.15, 0.2) is 0 Å². The molecule has 0 saturated carbocycles. The molecule has 0 radical (unpaired) electrons. The highest BCUT2D eigenvalue weighted by molar-refractivity contribution is 7.17. The second kappa shape index (κ2) is 8.25. The number of anilines is 1. The lowest BCUT2D eigenvalue weighted by Crippen LogP contribution is -2.41. The van der Waals surface area contributed by atoms with E-state index in [4.69, 9.17) is 0 Å². The van der Waals surface area contributed by atoms with Crippen molar-refractivity contribution in [2.75, 3.05) is 26.6 Å². The Bertz CT molecular complexity index is 514. The lowest BCUT2D eigenvalue weighted by atomic mass is 10.1. The Hall–Kier alpha value is -2.09. The van der Waals surface area contributed by atoms with E-state index in [0.717, 1.165) is 5.00 Å². The normalized spacial score (nSPS) is 11.4. The summed E-state index contributed by atoms with van der Waals surface area (Å²) >= 11 is 1.26. The minimum atomic E-state index is -0.887. The Balaban J connectivity index is 2.68. The average molecular weight is 314 g/mol. The number of esters is 2. The quantitative estimate of drug-likeness (QED) is 0.730. The van der Waals surface area contributed by atoms with Crippen molar-refractivity contribution in [3.8, 4) is 0 Å². The highest BCUT2D eigenvalue weighted by Gasteiger charge is 2.23. The van der Waals surface area contributed by atoms with E-state index in [9.17, 15) is 14.4 Å². The van der Waals surface area contributed by atoms with Crippen molar-refractivity contribution in [2.45, 2.75) is 18.9 Å². The maximum Gasteiger partial charge on any atom is 0.328 e. The molecule has 0 bridgehead atoms.